The van der Waals surface area contributed by atoms with Crippen LogP contribution in [0.5, 0.6) is 0 Å². The van der Waals surface area contributed by atoms with E-state index in [1.807, 2.05) is 12.1 Å². The first-order chi connectivity index (χ1) is 8.70. The molecule has 1 aromatic carbocycles. The number of ketones is 1. The molecule has 0 aromatic heterocycles. The van der Waals surface area contributed by atoms with E-state index in [4.69, 9.17) is 0 Å². The lowest BCUT2D eigenvalue weighted by atomic mass is 9.80. The van der Waals surface area contributed by atoms with Gasteiger partial charge in [-0.2, -0.15) is 11.8 Å². The molecule has 0 heterocycles. The molecule has 2 rings (SSSR count). The monoisotopic (exact) mass is 262 g/mol. The normalized spacial score (nSPS) is 17.2. The van der Waals surface area contributed by atoms with E-state index in [0.29, 0.717) is 11.0 Å². The van der Waals surface area contributed by atoms with E-state index < -0.39 is 0 Å². The molecule has 0 amide bonds. The molecule has 2 heteroatoms. The number of benzene rings is 1. The first-order valence-corrected chi connectivity index (χ1v) is 8.00. The van der Waals surface area contributed by atoms with Gasteiger partial charge in [0.2, 0.25) is 0 Å². The summed E-state index contributed by atoms with van der Waals surface area (Å²) >= 11 is 1.76. The SMILES string of the molecule is CCC(C)SCC(=O)c1ccc(C2CCC2)cc1. The zero-order chi connectivity index (χ0) is 13.0. The van der Waals surface area contributed by atoms with Gasteiger partial charge in [0, 0.05) is 10.8 Å². The van der Waals surface area contributed by atoms with E-state index in [1.165, 1.54) is 24.8 Å². The Labute approximate surface area is 114 Å². The Morgan fingerprint density at radius 2 is 2.00 bits per heavy atom. The van der Waals surface area contributed by atoms with Crippen LogP contribution in [-0.2, 0) is 0 Å². The van der Waals surface area contributed by atoms with Gasteiger partial charge in [-0.05, 0) is 30.7 Å². The maximum Gasteiger partial charge on any atom is 0.172 e. The maximum absolute atomic E-state index is 12.0. The fraction of sp³-hybridized carbons (Fsp3) is 0.562. The molecular weight excluding hydrogens is 240 g/mol. The smallest absolute Gasteiger partial charge is 0.172 e. The lowest BCUT2D eigenvalue weighted by Gasteiger charge is -2.25. The van der Waals surface area contributed by atoms with Crippen LogP contribution in [0.2, 0.25) is 0 Å². The van der Waals surface area contributed by atoms with Crippen LogP contribution >= 0.6 is 11.8 Å². The molecule has 1 aliphatic rings. The average molecular weight is 262 g/mol. The van der Waals surface area contributed by atoms with Gasteiger partial charge in [-0.15, -0.1) is 0 Å². The highest BCUT2D eigenvalue weighted by molar-refractivity contribution is 8.00. The van der Waals surface area contributed by atoms with Crippen LogP contribution in [-0.4, -0.2) is 16.8 Å². The van der Waals surface area contributed by atoms with Gasteiger partial charge in [0.05, 0.1) is 5.75 Å². The van der Waals surface area contributed by atoms with Crippen LogP contribution in [0.25, 0.3) is 0 Å². The van der Waals surface area contributed by atoms with Gasteiger partial charge >= 0.3 is 0 Å². The molecule has 0 radical (unpaired) electrons. The van der Waals surface area contributed by atoms with Gasteiger partial charge in [-0.25, -0.2) is 0 Å². The van der Waals surface area contributed by atoms with Crippen molar-refractivity contribution in [2.75, 3.05) is 5.75 Å². The van der Waals surface area contributed by atoms with Gasteiger partial charge in [0.15, 0.2) is 5.78 Å². The number of thioether (sulfide) groups is 1. The van der Waals surface area contributed by atoms with Crippen molar-refractivity contribution in [1.82, 2.24) is 0 Å². The van der Waals surface area contributed by atoms with Crippen LogP contribution in [0.1, 0.15) is 61.4 Å². The predicted molar refractivity (Wildman–Crippen MR) is 79.6 cm³/mol. The summed E-state index contributed by atoms with van der Waals surface area (Å²) in [5, 5.41) is 0.572. The third-order valence-electron chi connectivity index (χ3n) is 3.88. The van der Waals surface area contributed by atoms with E-state index in [0.717, 1.165) is 17.9 Å². The van der Waals surface area contributed by atoms with Crippen LogP contribution in [0.4, 0.5) is 0 Å². The molecule has 1 aromatic rings. The molecule has 0 saturated heterocycles. The Hall–Kier alpha value is -0.760. The van der Waals surface area contributed by atoms with Crippen LogP contribution in [0, 0.1) is 0 Å². The average Bonchev–Trinajstić information content (AvgIpc) is 2.34. The Bertz CT molecular complexity index is 392. The molecular formula is C16H22OS. The van der Waals surface area contributed by atoms with E-state index in [9.17, 15) is 4.79 Å². The van der Waals surface area contributed by atoms with Crippen molar-refractivity contribution in [3.63, 3.8) is 0 Å². The summed E-state index contributed by atoms with van der Waals surface area (Å²) in [4.78, 5) is 12.0. The number of rotatable bonds is 6. The minimum atomic E-state index is 0.264. The topological polar surface area (TPSA) is 17.1 Å². The Kier molecular flexibility index (Phi) is 4.87. The fourth-order valence-corrected chi connectivity index (χ4v) is 2.94. The highest BCUT2D eigenvalue weighted by Crippen LogP contribution is 2.36. The van der Waals surface area contributed by atoms with E-state index >= 15 is 0 Å². The number of Topliss-reactive ketones (excluding diaryl/α,β-unsaturated/α-hetero) is 1. The summed E-state index contributed by atoms with van der Waals surface area (Å²) < 4.78 is 0. The van der Waals surface area contributed by atoms with Crippen LogP contribution in [0.15, 0.2) is 24.3 Å². The molecule has 1 nitrogen and oxygen atoms in total. The molecule has 18 heavy (non-hydrogen) atoms. The van der Waals surface area contributed by atoms with E-state index in [2.05, 4.69) is 26.0 Å². The summed E-state index contributed by atoms with van der Waals surface area (Å²) in [6.45, 7) is 4.34. The van der Waals surface area contributed by atoms with Gasteiger partial charge in [-0.1, -0.05) is 44.5 Å². The molecule has 1 fully saturated rings. The Morgan fingerprint density at radius 3 is 2.50 bits per heavy atom. The maximum atomic E-state index is 12.0. The third kappa shape index (κ3) is 3.38. The Balaban J connectivity index is 1.90. The molecule has 1 saturated carbocycles. The highest BCUT2D eigenvalue weighted by atomic mass is 32.2. The summed E-state index contributed by atoms with van der Waals surface area (Å²) in [6, 6.07) is 8.30. The van der Waals surface area contributed by atoms with Crippen molar-refractivity contribution in [2.45, 2.75) is 50.7 Å². The minimum Gasteiger partial charge on any atom is -0.293 e. The third-order valence-corrected chi connectivity index (χ3v) is 5.21. The first kappa shape index (κ1) is 13.7. The van der Waals surface area contributed by atoms with Crippen LogP contribution < -0.4 is 0 Å². The molecule has 0 spiro atoms. The largest absolute Gasteiger partial charge is 0.293 e. The van der Waals surface area contributed by atoms with Crippen molar-refractivity contribution < 1.29 is 4.79 Å². The molecule has 1 atom stereocenters. The molecule has 98 valence electrons. The lowest BCUT2D eigenvalue weighted by Crippen LogP contribution is -2.10. The molecule has 0 aliphatic heterocycles. The molecule has 0 N–H and O–H groups in total. The van der Waals surface area contributed by atoms with Gasteiger partial charge in [-0.3, -0.25) is 4.79 Å². The van der Waals surface area contributed by atoms with E-state index in [-0.39, 0.29) is 5.78 Å². The zero-order valence-electron chi connectivity index (χ0n) is 11.3. The fourth-order valence-electron chi connectivity index (χ4n) is 2.10. The number of carbonyl (C=O) groups excluding carboxylic acids is 1. The van der Waals surface area contributed by atoms with Crippen molar-refractivity contribution >= 4 is 17.5 Å². The van der Waals surface area contributed by atoms with E-state index in [1.54, 1.807) is 11.8 Å². The van der Waals surface area contributed by atoms with Gasteiger partial charge < -0.3 is 0 Å². The summed E-state index contributed by atoms with van der Waals surface area (Å²) in [7, 11) is 0. The standard InChI is InChI=1S/C16H22OS/c1-3-12(2)18-11-16(17)15-9-7-14(8-10-15)13-5-4-6-13/h7-10,12-13H,3-6,11H2,1-2H3. The zero-order valence-corrected chi connectivity index (χ0v) is 12.1. The van der Waals surface area contributed by atoms with Crippen molar-refractivity contribution in [3.05, 3.63) is 35.4 Å². The summed E-state index contributed by atoms with van der Waals surface area (Å²) in [5.74, 6) is 1.63. The van der Waals surface area contributed by atoms with Gasteiger partial charge in [0.1, 0.15) is 0 Å². The van der Waals surface area contributed by atoms with Crippen molar-refractivity contribution in [2.24, 2.45) is 0 Å². The second-order valence-electron chi connectivity index (χ2n) is 5.20. The summed E-state index contributed by atoms with van der Waals surface area (Å²) in [5.41, 5.74) is 2.28. The quantitative estimate of drug-likeness (QED) is 0.693. The summed E-state index contributed by atoms with van der Waals surface area (Å²) in [6.07, 6.45) is 5.11. The lowest BCUT2D eigenvalue weighted by molar-refractivity contribution is 0.102. The van der Waals surface area contributed by atoms with Gasteiger partial charge in [0.25, 0.3) is 0 Å². The first-order valence-electron chi connectivity index (χ1n) is 6.95. The number of hydrogen-bond donors (Lipinski definition) is 0. The van der Waals surface area contributed by atoms with Crippen LogP contribution in [0.3, 0.4) is 0 Å². The second-order valence-corrected chi connectivity index (χ2v) is 6.63. The minimum absolute atomic E-state index is 0.264. The second kappa shape index (κ2) is 6.42. The number of carbonyl (C=O) groups is 1. The molecule has 0 bridgehead atoms. The highest BCUT2D eigenvalue weighted by Gasteiger charge is 2.19. The number of hydrogen-bond acceptors (Lipinski definition) is 2. The van der Waals surface area contributed by atoms with Crippen molar-refractivity contribution in [1.29, 1.82) is 0 Å². The van der Waals surface area contributed by atoms with Crippen molar-refractivity contribution in [3.8, 4) is 0 Å². The predicted octanol–water partition coefficient (Wildman–Crippen LogP) is 4.67. The molecule has 1 unspecified atom stereocenters. The Morgan fingerprint density at radius 1 is 1.33 bits per heavy atom. The molecule has 1 aliphatic carbocycles.